The topological polar surface area (TPSA) is 38.8 Å². The molecule has 0 aliphatic carbocycles. The molecule has 3 rings (SSSR count). The summed E-state index contributed by atoms with van der Waals surface area (Å²) in [6, 6.07) is 4.33. The Bertz CT molecular complexity index is 559. The highest BCUT2D eigenvalue weighted by Crippen LogP contribution is 2.40. The molecule has 166 valence electrons. The van der Waals surface area contributed by atoms with Crippen molar-refractivity contribution >= 4 is 13.6 Å². The summed E-state index contributed by atoms with van der Waals surface area (Å²) < 4.78 is 10.7. The van der Waals surface area contributed by atoms with Crippen LogP contribution in [-0.2, 0) is 11.2 Å². The van der Waals surface area contributed by atoms with Crippen molar-refractivity contribution in [3.8, 4) is 11.5 Å². The lowest BCUT2D eigenvalue weighted by molar-refractivity contribution is -0.123. The molecule has 0 N–H and O–H groups in total. The summed E-state index contributed by atoms with van der Waals surface area (Å²) in [6.45, 7) is 17.9. The van der Waals surface area contributed by atoms with Gasteiger partial charge in [0.15, 0.2) is 11.5 Å². The average molecular weight is 405 g/mol. The minimum Gasteiger partial charge on any atom is -0.493 e. The van der Waals surface area contributed by atoms with Crippen LogP contribution in [0.5, 0.6) is 11.5 Å². The molecule has 1 atom stereocenters. The summed E-state index contributed by atoms with van der Waals surface area (Å²) >= 11 is 0. The molecule has 4 nitrogen and oxygen atoms in total. The Balaban J connectivity index is 0. The van der Waals surface area contributed by atoms with Crippen LogP contribution in [0.1, 0.15) is 78.5 Å². The van der Waals surface area contributed by atoms with Gasteiger partial charge in [-0.3, -0.25) is 9.69 Å². The molecule has 0 spiro atoms. The minimum atomic E-state index is 0.227. The Hall–Kier alpha value is -1.49. The fourth-order valence-electron chi connectivity index (χ4n) is 3.17. The molecule has 1 fully saturated rings. The molecule has 0 amide bonds. The number of carbonyl (C=O) groups is 1. The molecule has 1 aromatic rings. The molecule has 2 radical (unpaired) electrons. The van der Waals surface area contributed by atoms with Gasteiger partial charge >= 0.3 is 0 Å². The summed E-state index contributed by atoms with van der Waals surface area (Å²) in [7, 11) is 7.81. The maximum atomic E-state index is 11.7. The van der Waals surface area contributed by atoms with Gasteiger partial charge in [-0.15, -0.1) is 0 Å². The van der Waals surface area contributed by atoms with Crippen LogP contribution in [-0.4, -0.2) is 45.8 Å². The van der Waals surface area contributed by atoms with E-state index in [1.54, 1.807) is 14.2 Å². The fraction of sp³-hybridized carbons (Fsp3) is 0.708. The van der Waals surface area contributed by atoms with Crippen LogP contribution in [0, 0.1) is 5.92 Å². The highest BCUT2D eigenvalue weighted by atomic mass is 16.5. The molecule has 5 heteroatoms. The Morgan fingerprint density at radius 1 is 0.931 bits per heavy atom. The van der Waals surface area contributed by atoms with Crippen LogP contribution in [0.3, 0.4) is 0 Å². The van der Waals surface area contributed by atoms with Crippen LogP contribution < -0.4 is 9.47 Å². The summed E-state index contributed by atoms with van der Waals surface area (Å²) in [5, 5.41) is 0. The molecule has 1 unspecified atom stereocenters. The van der Waals surface area contributed by atoms with Gasteiger partial charge in [0.2, 0.25) is 0 Å². The number of methoxy groups -OCH3 is 2. The third kappa shape index (κ3) is 9.71. The highest BCUT2D eigenvalue weighted by molar-refractivity contribution is 6.05. The SMILES string of the molecule is CC.CC.CC(C)C.COc1cc2c(cc1OC)C1CC(=O)CCN1CC2.[B]C. The van der Waals surface area contributed by atoms with Crippen LogP contribution in [0.2, 0.25) is 6.82 Å². The van der Waals surface area contributed by atoms with Crippen LogP contribution in [0.25, 0.3) is 0 Å². The lowest BCUT2D eigenvalue weighted by Crippen LogP contribution is -2.41. The quantitative estimate of drug-likeness (QED) is 0.576. The number of hydrogen-bond acceptors (Lipinski definition) is 4. The van der Waals surface area contributed by atoms with Gasteiger partial charge in [-0.05, 0) is 35.6 Å². The van der Waals surface area contributed by atoms with Gasteiger partial charge in [-0.1, -0.05) is 55.3 Å². The second-order valence-electron chi connectivity index (χ2n) is 6.93. The van der Waals surface area contributed by atoms with Crippen molar-refractivity contribution in [2.75, 3.05) is 27.3 Å². The van der Waals surface area contributed by atoms with E-state index in [4.69, 9.17) is 9.47 Å². The monoisotopic (exact) mass is 405 g/mol. The number of benzene rings is 1. The normalized spacial score (nSPS) is 16.7. The van der Waals surface area contributed by atoms with Gasteiger partial charge in [0.25, 0.3) is 0 Å². The first-order chi connectivity index (χ1) is 14.0. The number of carbonyl (C=O) groups excluding carboxylic acids is 1. The number of hydrogen-bond donors (Lipinski definition) is 0. The average Bonchev–Trinajstić information content (AvgIpc) is 2.76. The van der Waals surface area contributed by atoms with Crippen molar-refractivity contribution in [1.82, 2.24) is 4.90 Å². The van der Waals surface area contributed by atoms with E-state index < -0.39 is 0 Å². The zero-order valence-corrected chi connectivity index (χ0v) is 20.6. The van der Waals surface area contributed by atoms with E-state index in [2.05, 4.69) is 39.6 Å². The van der Waals surface area contributed by atoms with Gasteiger partial charge in [0, 0.05) is 32.0 Å². The molecular formula is C24H44BNO3. The Labute approximate surface area is 181 Å². The predicted molar refractivity (Wildman–Crippen MR) is 127 cm³/mol. The first-order valence-electron chi connectivity index (χ1n) is 11.0. The van der Waals surface area contributed by atoms with Crippen molar-refractivity contribution in [2.24, 2.45) is 5.92 Å². The molecule has 0 aromatic heterocycles. The molecule has 0 saturated carbocycles. The van der Waals surface area contributed by atoms with E-state index >= 15 is 0 Å². The number of fused-ring (bicyclic) bond motifs is 3. The van der Waals surface area contributed by atoms with E-state index in [1.807, 2.05) is 33.8 Å². The summed E-state index contributed by atoms with van der Waals surface area (Å²) in [6.07, 6.45) is 2.34. The molecular weight excluding hydrogens is 361 g/mol. The number of ether oxygens (including phenoxy) is 2. The van der Waals surface area contributed by atoms with Crippen molar-refractivity contribution in [1.29, 1.82) is 0 Å². The van der Waals surface area contributed by atoms with Crippen molar-refractivity contribution in [3.63, 3.8) is 0 Å². The number of Topliss-reactive ketones (excluding diaryl/α,β-unsaturated/α-hetero) is 1. The van der Waals surface area contributed by atoms with E-state index in [1.165, 1.54) is 17.9 Å². The second-order valence-corrected chi connectivity index (χ2v) is 6.93. The maximum Gasteiger partial charge on any atom is 0.161 e. The third-order valence-corrected chi connectivity index (χ3v) is 4.21. The standard InChI is InChI=1S/C15H19NO3.C4H10.2C2H6.CH3B/c1-18-14-7-10-3-5-16-6-4-11(17)8-13(16)12(10)9-15(14)19-2;1-4(2)3;3*1-2/h7,9,13H,3-6,8H2,1-2H3;4H,1-3H3;2*1-2H3;1H3. The van der Waals surface area contributed by atoms with Gasteiger partial charge < -0.3 is 9.47 Å². The first-order valence-corrected chi connectivity index (χ1v) is 11.0. The van der Waals surface area contributed by atoms with Crippen LogP contribution >= 0.6 is 0 Å². The largest absolute Gasteiger partial charge is 0.493 e. The van der Waals surface area contributed by atoms with E-state index in [0.29, 0.717) is 18.6 Å². The van der Waals surface area contributed by atoms with Gasteiger partial charge in [0.1, 0.15) is 5.78 Å². The lowest BCUT2D eigenvalue weighted by Gasteiger charge is -2.40. The number of piperidine rings is 1. The van der Waals surface area contributed by atoms with Crippen LogP contribution in [0.15, 0.2) is 12.1 Å². The molecule has 1 saturated heterocycles. The molecule has 2 aliphatic rings. The summed E-state index contributed by atoms with van der Waals surface area (Å²) in [5.41, 5.74) is 2.52. The number of rotatable bonds is 2. The Morgan fingerprint density at radius 2 is 1.38 bits per heavy atom. The summed E-state index contributed by atoms with van der Waals surface area (Å²) in [5.74, 6) is 2.72. The first kappa shape index (κ1) is 29.7. The van der Waals surface area contributed by atoms with Gasteiger partial charge in [-0.2, -0.15) is 0 Å². The van der Waals surface area contributed by atoms with Gasteiger partial charge in [-0.25, -0.2) is 0 Å². The predicted octanol–water partition coefficient (Wildman–Crippen LogP) is 5.88. The zero-order valence-electron chi connectivity index (χ0n) is 20.6. The fourth-order valence-corrected chi connectivity index (χ4v) is 3.17. The smallest absolute Gasteiger partial charge is 0.161 e. The number of ketones is 1. The molecule has 1 aromatic carbocycles. The minimum absolute atomic E-state index is 0.227. The number of nitrogens with zero attached hydrogens (tertiary/aromatic N) is 1. The van der Waals surface area contributed by atoms with E-state index in [-0.39, 0.29) is 6.04 Å². The van der Waals surface area contributed by atoms with Crippen molar-refractivity contribution in [2.45, 2.75) is 80.6 Å². The van der Waals surface area contributed by atoms with E-state index in [0.717, 1.165) is 36.9 Å². The van der Waals surface area contributed by atoms with Crippen LogP contribution in [0.4, 0.5) is 0 Å². The van der Waals surface area contributed by atoms with Crippen molar-refractivity contribution < 1.29 is 14.3 Å². The molecule has 29 heavy (non-hydrogen) atoms. The molecule has 0 bridgehead atoms. The van der Waals surface area contributed by atoms with Gasteiger partial charge in [0.05, 0.1) is 22.1 Å². The molecule has 2 aliphatic heterocycles. The van der Waals surface area contributed by atoms with E-state index in [9.17, 15) is 4.79 Å². The highest BCUT2D eigenvalue weighted by Gasteiger charge is 2.33. The Morgan fingerprint density at radius 3 is 1.86 bits per heavy atom. The molecule has 2 heterocycles. The Kier molecular flexibility index (Phi) is 17.8. The second kappa shape index (κ2) is 17.4. The zero-order chi connectivity index (χ0) is 23.0. The third-order valence-electron chi connectivity index (χ3n) is 4.21. The maximum absolute atomic E-state index is 11.7. The lowest BCUT2D eigenvalue weighted by atomic mass is 9.86. The summed E-state index contributed by atoms with van der Waals surface area (Å²) in [4.78, 5) is 14.1. The van der Waals surface area contributed by atoms with Crippen molar-refractivity contribution in [3.05, 3.63) is 23.3 Å².